The van der Waals surface area contributed by atoms with Crippen LogP contribution in [0.25, 0.3) is 0 Å². The molecule has 3 N–H and O–H groups in total. The van der Waals surface area contributed by atoms with E-state index in [4.69, 9.17) is 5.73 Å². The first-order valence-electron chi connectivity index (χ1n) is 8.65. The van der Waals surface area contributed by atoms with E-state index in [0.717, 1.165) is 31.8 Å². The Kier molecular flexibility index (Phi) is 10.4. The van der Waals surface area contributed by atoms with Crippen LogP contribution in [0, 0.1) is 0 Å². The monoisotopic (exact) mass is 371 g/mol. The molecule has 1 fully saturated rings. The Balaban J connectivity index is 0.00000288. The van der Waals surface area contributed by atoms with Gasteiger partial charge in [0.1, 0.15) is 0 Å². The Bertz CT molecular complexity index is 501. The lowest BCUT2D eigenvalue weighted by Crippen LogP contribution is -2.46. The zero-order valence-corrected chi connectivity index (χ0v) is 16.1. The van der Waals surface area contributed by atoms with Crippen molar-refractivity contribution in [2.75, 3.05) is 25.4 Å². The molecule has 0 spiro atoms. The van der Waals surface area contributed by atoms with Crippen LogP contribution in [0.15, 0.2) is 29.2 Å². The number of nitrogens with two attached hydrogens (primary N) is 1. The van der Waals surface area contributed by atoms with Gasteiger partial charge in [0.2, 0.25) is 5.91 Å². The molecule has 1 atom stereocenters. The predicted octanol–water partition coefficient (Wildman–Crippen LogP) is 3.04. The molecular weight excluding hydrogens is 342 g/mol. The Morgan fingerprint density at radius 3 is 3.00 bits per heavy atom. The number of likely N-dealkylation sites (tertiary alicyclic amines) is 1. The molecule has 1 aliphatic rings. The molecule has 1 saturated heterocycles. The molecule has 1 amide bonds. The summed E-state index contributed by atoms with van der Waals surface area (Å²) in [4.78, 5) is 15.5. The van der Waals surface area contributed by atoms with E-state index in [9.17, 15) is 4.79 Å². The number of amides is 1. The number of thioether (sulfide) groups is 1. The van der Waals surface area contributed by atoms with E-state index in [0.29, 0.717) is 19.0 Å². The summed E-state index contributed by atoms with van der Waals surface area (Å²) in [5.74, 6) is 1.17. The minimum Gasteiger partial charge on any atom is -0.354 e. The van der Waals surface area contributed by atoms with Crippen LogP contribution in [0.3, 0.4) is 0 Å². The molecular formula is C18H30ClN3OS. The molecule has 1 aromatic carbocycles. The highest BCUT2D eigenvalue weighted by molar-refractivity contribution is 7.99. The molecule has 4 nitrogen and oxygen atoms in total. The van der Waals surface area contributed by atoms with Crippen LogP contribution in [0.1, 0.15) is 38.2 Å². The van der Waals surface area contributed by atoms with Gasteiger partial charge in [-0.05, 0) is 42.8 Å². The van der Waals surface area contributed by atoms with Gasteiger partial charge in [-0.2, -0.15) is 0 Å². The van der Waals surface area contributed by atoms with Crippen LogP contribution in [-0.4, -0.2) is 42.2 Å². The van der Waals surface area contributed by atoms with E-state index < -0.39 is 0 Å². The number of piperidine rings is 1. The summed E-state index contributed by atoms with van der Waals surface area (Å²) in [6, 6.07) is 9.27. The number of rotatable bonds is 8. The highest BCUT2D eigenvalue weighted by Gasteiger charge is 2.22. The lowest BCUT2D eigenvalue weighted by molar-refractivity contribution is -0.121. The first-order chi connectivity index (χ1) is 11.2. The second kappa shape index (κ2) is 11.7. The number of nitrogens with one attached hydrogen (secondary N) is 1. The fourth-order valence-electron chi connectivity index (χ4n) is 3.09. The van der Waals surface area contributed by atoms with E-state index in [1.807, 2.05) is 11.8 Å². The summed E-state index contributed by atoms with van der Waals surface area (Å²) in [5.41, 5.74) is 6.80. The summed E-state index contributed by atoms with van der Waals surface area (Å²) in [5, 5.41) is 3.04. The Labute approximate surface area is 156 Å². The van der Waals surface area contributed by atoms with Crippen molar-refractivity contribution >= 4 is 30.1 Å². The third kappa shape index (κ3) is 7.01. The molecule has 24 heavy (non-hydrogen) atoms. The largest absolute Gasteiger partial charge is 0.354 e. The maximum atomic E-state index is 11.7. The Morgan fingerprint density at radius 2 is 2.25 bits per heavy atom. The van der Waals surface area contributed by atoms with Crippen molar-refractivity contribution in [1.29, 1.82) is 0 Å². The van der Waals surface area contributed by atoms with Gasteiger partial charge in [0.25, 0.3) is 0 Å². The normalized spacial score (nSPS) is 18.0. The minimum absolute atomic E-state index is 0. The average Bonchev–Trinajstić information content (AvgIpc) is 2.55. The van der Waals surface area contributed by atoms with Gasteiger partial charge in [-0.25, -0.2) is 0 Å². The standard InChI is InChI=1S/C18H29N3OS.ClH/c1-2-23-17-8-5-6-15(12-17)14-21-11-4-3-7-16(21)13-20-18(22)9-10-19;/h5-6,8,12,16H,2-4,7,9-11,13-14,19H2,1H3,(H,20,22);1H. The molecule has 0 radical (unpaired) electrons. The van der Waals surface area contributed by atoms with Gasteiger partial charge in [0, 0.05) is 37.0 Å². The quantitative estimate of drug-likeness (QED) is 0.689. The van der Waals surface area contributed by atoms with Crippen molar-refractivity contribution in [1.82, 2.24) is 10.2 Å². The SMILES string of the molecule is CCSc1cccc(CN2CCCCC2CNC(=O)CCN)c1.Cl. The maximum Gasteiger partial charge on any atom is 0.221 e. The predicted molar refractivity (Wildman–Crippen MR) is 105 cm³/mol. The number of carbonyl (C=O) groups excluding carboxylic acids is 1. The summed E-state index contributed by atoms with van der Waals surface area (Å²) >= 11 is 1.88. The number of benzene rings is 1. The van der Waals surface area contributed by atoms with E-state index in [-0.39, 0.29) is 18.3 Å². The molecule has 0 saturated carbocycles. The number of nitrogens with zero attached hydrogens (tertiary/aromatic N) is 1. The third-order valence-corrected chi connectivity index (χ3v) is 5.13. The molecule has 0 aliphatic carbocycles. The minimum atomic E-state index is 0. The number of hydrogen-bond donors (Lipinski definition) is 2. The van der Waals surface area contributed by atoms with Crippen LogP contribution in [0.5, 0.6) is 0 Å². The van der Waals surface area contributed by atoms with Gasteiger partial charge >= 0.3 is 0 Å². The van der Waals surface area contributed by atoms with Crippen molar-refractivity contribution in [3.8, 4) is 0 Å². The zero-order chi connectivity index (χ0) is 16.5. The first kappa shape index (κ1) is 21.3. The van der Waals surface area contributed by atoms with Gasteiger partial charge in [0.05, 0.1) is 0 Å². The summed E-state index contributed by atoms with van der Waals surface area (Å²) < 4.78 is 0. The topological polar surface area (TPSA) is 58.4 Å². The summed E-state index contributed by atoms with van der Waals surface area (Å²) in [6.45, 7) is 5.42. The van der Waals surface area contributed by atoms with Gasteiger partial charge in [0.15, 0.2) is 0 Å². The van der Waals surface area contributed by atoms with Crippen LogP contribution >= 0.6 is 24.2 Å². The fraction of sp³-hybridized carbons (Fsp3) is 0.611. The van der Waals surface area contributed by atoms with Gasteiger partial charge < -0.3 is 11.1 Å². The second-order valence-corrected chi connectivity index (χ2v) is 7.38. The number of halogens is 1. The molecule has 0 bridgehead atoms. The van der Waals surface area contributed by atoms with Crippen LogP contribution < -0.4 is 11.1 Å². The highest BCUT2D eigenvalue weighted by Crippen LogP contribution is 2.22. The Hall–Kier alpha value is -0.750. The number of hydrogen-bond acceptors (Lipinski definition) is 4. The molecule has 1 unspecified atom stereocenters. The van der Waals surface area contributed by atoms with E-state index in [1.165, 1.54) is 23.3 Å². The van der Waals surface area contributed by atoms with Gasteiger partial charge in [-0.1, -0.05) is 25.5 Å². The highest BCUT2D eigenvalue weighted by atomic mass is 35.5. The van der Waals surface area contributed by atoms with Crippen molar-refractivity contribution < 1.29 is 4.79 Å². The molecule has 1 aliphatic heterocycles. The van der Waals surface area contributed by atoms with E-state index in [2.05, 4.69) is 41.4 Å². The molecule has 6 heteroatoms. The van der Waals surface area contributed by atoms with Crippen molar-refractivity contribution in [2.45, 2.75) is 50.1 Å². The molecule has 136 valence electrons. The van der Waals surface area contributed by atoms with E-state index >= 15 is 0 Å². The second-order valence-electron chi connectivity index (χ2n) is 6.04. The van der Waals surface area contributed by atoms with Gasteiger partial charge in [-0.3, -0.25) is 9.69 Å². The fourth-order valence-corrected chi connectivity index (χ4v) is 3.83. The lowest BCUT2D eigenvalue weighted by atomic mass is 10.0. The third-order valence-electron chi connectivity index (χ3n) is 4.25. The lowest BCUT2D eigenvalue weighted by Gasteiger charge is -2.36. The Morgan fingerprint density at radius 1 is 1.42 bits per heavy atom. The molecule has 1 aromatic rings. The number of carbonyl (C=O) groups is 1. The maximum absolute atomic E-state index is 11.7. The van der Waals surface area contributed by atoms with Crippen LogP contribution in [0.4, 0.5) is 0 Å². The van der Waals surface area contributed by atoms with E-state index in [1.54, 1.807) is 0 Å². The summed E-state index contributed by atoms with van der Waals surface area (Å²) in [6.07, 6.45) is 4.08. The first-order valence-corrected chi connectivity index (χ1v) is 9.64. The van der Waals surface area contributed by atoms with Crippen molar-refractivity contribution in [3.05, 3.63) is 29.8 Å². The van der Waals surface area contributed by atoms with Crippen molar-refractivity contribution in [2.24, 2.45) is 5.73 Å². The smallest absolute Gasteiger partial charge is 0.221 e. The molecule has 1 heterocycles. The molecule has 2 rings (SSSR count). The zero-order valence-electron chi connectivity index (χ0n) is 14.5. The van der Waals surface area contributed by atoms with Gasteiger partial charge in [-0.15, -0.1) is 24.2 Å². The van der Waals surface area contributed by atoms with Crippen molar-refractivity contribution in [3.63, 3.8) is 0 Å². The molecule has 0 aromatic heterocycles. The average molecular weight is 372 g/mol. The summed E-state index contributed by atoms with van der Waals surface area (Å²) in [7, 11) is 0. The van der Waals surface area contributed by atoms with Crippen LogP contribution in [-0.2, 0) is 11.3 Å². The van der Waals surface area contributed by atoms with Crippen LogP contribution in [0.2, 0.25) is 0 Å².